The van der Waals surface area contributed by atoms with Gasteiger partial charge in [-0.15, -0.1) is 0 Å². The van der Waals surface area contributed by atoms with Crippen molar-refractivity contribution in [1.82, 2.24) is 0 Å². The Morgan fingerprint density at radius 1 is 0.868 bits per heavy atom. The summed E-state index contributed by atoms with van der Waals surface area (Å²) in [7, 11) is 0. The predicted molar refractivity (Wildman–Crippen MR) is 155 cm³/mol. The van der Waals surface area contributed by atoms with Crippen LogP contribution in [0.1, 0.15) is 126 Å². The maximum absolute atomic E-state index is 15.1. The van der Waals surface area contributed by atoms with Gasteiger partial charge in [0.05, 0.1) is 6.61 Å². The van der Waals surface area contributed by atoms with Gasteiger partial charge in [0, 0.05) is 0 Å². The third-order valence-corrected chi connectivity index (χ3v) is 9.43. The van der Waals surface area contributed by atoms with E-state index in [9.17, 15) is 4.39 Å². The third-order valence-electron chi connectivity index (χ3n) is 9.43. The molecule has 38 heavy (non-hydrogen) atoms. The van der Waals surface area contributed by atoms with Crippen LogP contribution in [-0.4, -0.2) is 6.61 Å². The van der Waals surface area contributed by atoms with Crippen LogP contribution in [0.2, 0.25) is 0 Å². The smallest absolute Gasteiger partial charge is 0.200 e. The molecule has 1 nitrogen and oxygen atoms in total. The van der Waals surface area contributed by atoms with Crippen molar-refractivity contribution in [3.63, 3.8) is 0 Å². The van der Waals surface area contributed by atoms with Crippen molar-refractivity contribution >= 4 is 0 Å². The number of unbranched alkanes of at least 4 members (excludes halogenated alkanes) is 3. The van der Waals surface area contributed by atoms with E-state index in [4.69, 9.17) is 4.74 Å². The summed E-state index contributed by atoms with van der Waals surface area (Å²) in [6.45, 7) is 7.36. The molecule has 1 fully saturated rings. The first-order valence-corrected chi connectivity index (χ1v) is 15.7. The molecule has 0 radical (unpaired) electrons. The van der Waals surface area contributed by atoms with Crippen LogP contribution in [0.15, 0.2) is 30.3 Å². The van der Waals surface area contributed by atoms with Crippen LogP contribution in [0.5, 0.6) is 5.75 Å². The van der Waals surface area contributed by atoms with Gasteiger partial charge in [0.15, 0.2) is 11.6 Å². The Balaban J connectivity index is 1.24. The van der Waals surface area contributed by atoms with Crippen LogP contribution in [0.4, 0.5) is 8.78 Å². The Kier molecular flexibility index (Phi) is 11.1. The predicted octanol–water partition coefficient (Wildman–Crippen LogP) is 10.4. The number of aryl methyl sites for hydroxylation is 2. The number of ether oxygens (including phenoxy) is 1. The van der Waals surface area contributed by atoms with E-state index < -0.39 is 11.6 Å². The second-order valence-corrected chi connectivity index (χ2v) is 12.3. The molecule has 2 aliphatic rings. The van der Waals surface area contributed by atoms with E-state index in [-0.39, 0.29) is 11.7 Å². The number of hydrogen-bond acceptors (Lipinski definition) is 1. The summed E-state index contributed by atoms with van der Waals surface area (Å²) in [6.07, 6.45) is 17.1. The van der Waals surface area contributed by atoms with Gasteiger partial charge in [0.1, 0.15) is 0 Å². The van der Waals surface area contributed by atoms with E-state index in [1.807, 2.05) is 0 Å². The second kappa shape index (κ2) is 14.5. The Morgan fingerprint density at radius 3 is 2.34 bits per heavy atom. The van der Waals surface area contributed by atoms with Gasteiger partial charge in [0.25, 0.3) is 0 Å². The van der Waals surface area contributed by atoms with Gasteiger partial charge in [-0.05, 0) is 103 Å². The molecule has 4 rings (SSSR count). The molecule has 2 aromatic rings. The Labute approximate surface area is 230 Å². The SMILES string of the molecule is CCC(C)CCCCc1ccc(C2CCc3cc(OCCCCCC(CC)C4CC4)c(F)c(F)c3C2)cc1. The lowest BCUT2D eigenvalue weighted by Gasteiger charge is -2.26. The molecular weight excluding hydrogens is 474 g/mol. The summed E-state index contributed by atoms with van der Waals surface area (Å²) in [5.41, 5.74) is 4.08. The first-order chi connectivity index (χ1) is 18.5. The molecule has 0 aliphatic heterocycles. The summed E-state index contributed by atoms with van der Waals surface area (Å²) in [5.74, 6) is 1.50. The average Bonchev–Trinajstić information content (AvgIpc) is 3.79. The summed E-state index contributed by atoms with van der Waals surface area (Å²) >= 11 is 0. The quantitative estimate of drug-likeness (QED) is 0.198. The number of halogens is 2. The van der Waals surface area contributed by atoms with Crippen molar-refractivity contribution in [2.75, 3.05) is 6.61 Å². The van der Waals surface area contributed by atoms with Crippen molar-refractivity contribution in [1.29, 1.82) is 0 Å². The van der Waals surface area contributed by atoms with Crippen LogP contribution in [-0.2, 0) is 19.3 Å². The number of fused-ring (bicyclic) bond motifs is 1. The van der Waals surface area contributed by atoms with Gasteiger partial charge >= 0.3 is 0 Å². The minimum absolute atomic E-state index is 0.0989. The van der Waals surface area contributed by atoms with Crippen LogP contribution in [0, 0.1) is 29.4 Å². The van der Waals surface area contributed by atoms with Crippen LogP contribution >= 0.6 is 0 Å². The highest BCUT2D eigenvalue weighted by atomic mass is 19.2. The normalized spacial score (nSPS) is 18.7. The Hall–Kier alpha value is -1.90. The number of rotatable bonds is 16. The fourth-order valence-corrected chi connectivity index (χ4v) is 6.39. The summed E-state index contributed by atoms with van der Waals surface area (Å²) in [5, 5.41) is 0. The first kappa shape index (κ1) is 29.1. The minimum atomic E-state index is -0.808. The molecule has 210 valence electrons. The van der Waals surface area contributed by atoms with Crippen molar-refractivity contribution in [3.8, 4) is 5.75 Å². The Bertz CT molecular complexity index is 994. The van der Waals surface area contributed by atoms with Gasteiger partial charge in [0.2, 0.25) is 5.82 Å². The molecule has 3 heteroatoms. The highest BCUT2D eigenvalue weighted by molar-refractivity contribution is 5.42. The van der Waals surface area contributed by atoms with Crippen LogP contribution in [0.3, 0.4) is 0 Å². The lowest BCUT2D eigenvalue weighted by molar-refractivity contribution is 0.280. The topological polar surface area (TPSA) is 9.23 Å². The van der Waals surface area contributed by atoms with E-state index in [2.05, 4.69) is 45.0 Å². The van der Waals surface area contributed by atoms with Crippen LogP contribution in [0.25, 0.3) is 0 Å². The summed E-state index contributed by atoms with van der Waals surface area (Å²) in [4.78, 5) is 0. The van der Waals surface area contributed by atoms with Crippen LogP contribution < -0.4 is 4.74 Å². The van der Waals surface area contributed by atoms with E-state index >= 15 is 4.39 Å². The lowest BCUT2D eigenvalue weighted by atomic mass is 9.79. The highest BCUT2D eigenvalue weighted by Gasteiger charge is 2.29. The van der Waals surface area contributed by atoms with Gasteiger partial charge in [-0.3, -0.25) is 0 Å². The molecule has 2 aromatic carbocycles. The summed E-state index contributed by atoms with van der Waals surface area (Å²) in [6, 6.07) is 10.6. The van der Waals surface area contributed by atoms with Crippen molar-refractivity contribution in [2.24, 2.45) is 17.8 Å². The molecule has 1 saturated carbocycles. The zero-order valence-electron chi connectivity index (χ0n) is 24.2. The maximum Gasteiger partial charge on any atom is 0.200 e. The highest BCUT2D eigenvalue weighted by Crippen LogP contribution is 2.41. The molecule has 0 bridgehead atoms. The Morgan fingerprint density at radius 2 is 1.63 bits per heavy atom. The van der Waals surface area contributed by atoms with Gasteiger partial charge in [-0.1, -0.05) is 90.0 Å². The molecular formula is C35H50F2O. The van der Waals surface area contributed by atoms with Gasteiger partial charge < -0.3 is 4.74 Å². The molecule has 0 saturated heterocycles. The molecule has 2 aliphatic carbocycles. The lowest BCUT2D eigenvalue weighted by Crippen LogP contribution is -2.16. The van der Waals surface area contributed by atoms with Gasteiger partial charge in [-0.2, -0.15) is 4.39 Å². The monoisotopic (exact) mass is 524 g/mol. The standard InChI is InChI=1S/C35H50F2O/c1-4-25(3)11-8-9-12-26-14-16-29(17-15-26)30-20-21-31-24-33(35(37)34(36)32(31)23-30)38-22-10-6-7-13-27(5-2)28-18-19-28/h14-17,24-25,27-28,30H,4-13,18-23H2,1-3H3. The van der Waals surface area contributed by atoms with Crippen molar-refractivity contribution in [3.05, 3.63) is 64.2 Å². The second-order valence-electron chi connectivity index (χ2n) is 12.3. The van der Waals surface area contributed by atoms with Crippen molar-refractivity contribution < 1.29 is 13.5 Å². The number of benzene rings is 2. The maximum atomic E-state index is 15.1. The van der Waals surface area contributed by atoms with E-state index in [1.165, 1.54) is 68.9 Å². The minimum Gasteiger partial charge on any atom is -0.490 e. The molecule has 0 aromatic heterocycles. The third kappa shape index (κ3) is 8.06. The number of hydrogen-bond donors (Lipinski definition) is 0. The van der Waals surface area contributed by atoms with Gasteiger partial charge in [-0.25, -0.2) is 4.39 Å². The fraction of sp³-hybridized carbons (Fsp3) is 0.657. The average molecular weight is 525 g/mol. The zero-order valence-corrected chi connectivity index (χ0v) is 24.2. The van der Waals surface area contributed by atoms with E-state index in [0.29, 0.717) is 18.6 Å². The first-order valence-electron chi connectivity index (χ1n) is 15.7. The largest absolute Gasteiger partial charge is 0.490 e. The molecule has 0 heterocycles. The fourth-order valence-electron chi connectivity index (χ4n) is 6.39. The molecule has 3 atom stereocenters. The summed E-state index contributed by atoms with van der Waals surface area (Å²) < 4.78 is 35.8. The molecule has 0 amide bonds. The van der Waals surface area contributed by atoms with E-state index in [0.717, 1.165) is 55.4 Å². The van der Waals surface area contributed by atoms with Crippen molar-refractivity contribution in [2.45, 2.75) is 123 Å². The van der Waals surface area contributed by atoms with E-state index in [1.54, 1.807) is 6.07 Å². The molecule has 0 spiro atoms. The zero-order chi connectivity index (χ0) is 26.9. The molecule has 0 N–H and O–H groups in total. The molecule has 3 unspecified atom stereocenters.